The van der Waals surface area contributed by atoms with Gasteiger partial charge in [0, 0.05) is 4.90 Å². The Labute approximate surface area is 168 Å². The molecule has 0 aromatic heterocycles. The molecule has 0 saturated carbocycles. The number of ether oxygens (including phenoxy) is 2. The number of nitriles is 1. The van der Waals surface area contributed by atoms with Gasteiger partial charge in [-0.25, -0.2) is 0 Å². The van der Waals surface area contributed by atoms with Gasteiger partial charge in [-0.05, 0) is 43.2 Å². The highest BCUT2D eigenvalue weighted by atomic mass is 32.2. The molecule has 0 N–H and O–H groups in total. The highest BCUT2D eigenvalue weighted by molar-refractivity contribution is 8.03. The Bertz CT molecular complexity index is 978. The quantitative estimate of drug-likeness (QED) is 0.705. The van der Waals surface area contributed by atoms with E-state index in [9.17, 15) is 10.1 Å². The average Bonchev–Trinajstić information content (AvgIpc) is 3.12. The second kappa shape index (κ2) is 7.61. The van der Waals surface area contributed by atoms with Gasteiger partial charge in [0.2, 0.25) is 0 Å². The topological polar surface area (TPSA) is 62.6 Å². The molecule has 5 nitrogen and oxygen atoms in total. The molecule has 0 spiro atoms. The van der Waals surface area contributed by atoms with Gasteiger partial charge in [0.05, 0.1) is 48.0 Å². The van der Waals surface area contributed by atoms with Gasteiger partial charge < -0.3 is 14.4 Å². The van der Waals surface area contributed by atoms with Gasteiger partial charge in [0.25, 0.3) is 0 Å². The minimum atomic E-state index is -0.565. The van der Waals surface area contributed by atoms with E-state index in [4.69, 9.17) is 9.47 Å². The van der Waals surface area contributed by atoms with Gasteiger partial charge in [-0.1, -0.05) is 36.0 Å². The molecule has 142 valence electrons. The average molecular weight is 392 g/mol. The Morgan fingerprint density at radius 1 is 1.25 bits per heavy atom. The summed E-state index contributed by atoms with van der Waals surface area (Å²) in [5.74, 6) is -0.113. The molecule has 0 amide bonds. The Hall–Kier alpha value is -2.91. The van der Waals surface area contributed by atoms with Crippen molar-refractivity contribution in [1.29, 1.82) is 5.26 Å². The second-order valence-electron chi connectivity index (χ2n) is 6.60. The van der Waals surface area contributed by atoms with Crippen LogP contribution in [0.15, 0.2) is 64.0 Å². The number of rotatable bonds is 4. The van der Waals surface area contributed by atoms with Gasteiger partial charge in [-0.3, -0.25) is 4.79 Å². The number of hydrogen-bond donors (Lipinski definition) is 0. The van der Waals surface area contributed by atoms with Crippen molar-refractivity contribution < 1.29 is 14.3 Å². The summed E-state index contributed by atoms with van der Waals surface area (Å²) in [5, 5.41) is 10.7. The maximum atomic E-state index is 12.7. The number of para-hydroxylation sites is 1. The molecular formula is C22H20N2O3S. The van der Waals surface area contributed by atoms with Crippen LogP contribution in [0.4, 0.5) is 5.69 Å². The van der Waals surface area contributed by atoms with E-state index in [-0.39, 0.29) is 12.0 Å². The van der Waals surface area contributed by atoms with E-state index in [1.165, 1.54) is 0 Å². The summed E-state index contributed by atoms with van der Waals surface area (Å²) < 4.78 is 10.6. The summed E-state index contributed by atoms with van der Waals surface area (Å²) in [6.45, 7) is 2.08. The van der Waals surface area contributed by atoms with Crippen molar-refractivity contribution in [2.45, 2.75) is 24.3 Å². The fourth-order valence-electron chi connectivity index (χ4n) is 3.79. The van der Waals surface area contributed by atoms with Crippen LogP contribution in [-0.4, -0.2) is 19.7 Å². The molecule has 0 unspecified atom stereocenters. The molecule has 2 aromatic rings. The van der Waals surface area contributed by atoms with Gasteiger partial charge >= 0.3 is 5.97 Å². The van der Waals surface area contributed by atoms with E-state index in [0.29, 0.717) is 18.6 Å². The van der Waals surface area contributed by atoms with Crippen LogP contribution in [0.25, 0.3) is 0 Å². The van der Waals surface area contributed by atoms with E-state index in [2.05, 4.69) is 17.0 Å². The van der Waals surface area contributed by atoms with Crippen molar-refractivity contribution in [3.8, 4) is 11.8 Å². The Balaban J connectivity index is 1.84. The van der Waals surface area contributed by atoms with E-state index >= 15 is 0 Å². The number of anilines is 1. The van der Waals surface area contributed by atoms with Crippen LogP contribution < -0.4 is 9.64 Å². The third-order valence-corrected chi connectivity index (χ3v) is 6.27. The van der Waals surface area contributed by atoms with Crippen molar-refractivity contribution in [2.75, 3.05) is 18.6 Å². The number of fused-ring (bicyclic) bond motifs is 3. The van der Waals surface area contributed by atoms with E-state index in [1.54, 1.807) is 25.8 Å². The zero-order valence-electron chi connectivity index (χ0n) is 15.7. The monoisotopic (exact) mass is 392 g/mol. The van der Waals surface area contributed by atoms with E-state index in [1.807, 2.05) is 42.5 Å². The number of carbonyl (C=O) groups is 1. The molecule has 2 aliphatic rings. The molecule has 0 saturated heterocycles. The highest BCUT2D eigenvalue weighted by Gasteiger charge is 2.44. The van der Waals surface area contributed by atoms with Crippen LogP contribution in [0, 0.1) is 17.2 Å². The minimum Gasteiger partial charge on any atom is -0.497 e. The molecule has 0 fully saturated rings. The van der Waals surface area contributed by atoms with Crippen molar-refractivity contribution in [3.63, 3.8) is 0 Å². The lowest BCUT2D eigenvalue weighted by Crippen LogP contribution is -2.36. The maximum absolute atomic E-state index is 12.7. The molecule has 0 radical (unpaired) electrons. The number of methoxy groups -OCH3 is 1. The molecule has 0 aliphatic carbocycles. The molecule has 28 heavy (non-hydrogen) atoms. The normalized spacial score (nSPS) is 20.2. The molecular weight excluding hydrogens is 372 g/mol. The lowest BCUT2D eigenvalue weighted by molar-refractivity contribution is -0.147. The summed E-state index contributed by atoms with van der Waals surface area (Å²) in [6, 6.07) is 18.2. The predicted molar refractivity (Wildman–Crippen MR) is 108 cm³/mol. The van der Waals surface area contributed by atoms with Crippen LogP contribution in [0.3, 0.4) is 0 Å². The van der Waals surface area contributed by atoms with Crippen LogP contribution >= 0.6 is 11.8 Å². The van der Waals surface area contributed by atoms with Crippen molar-refractivity contribution >= 4 is 23.4 Å². The van der Waals surface area contributed by atoms with Gasteiger partial charge in [-0.15, -0.1) is 0 Å². The summed E-state index contributed by atoms with van der Waals surface area (Å²) in [7, 11) is 1.64. The Kier molecular flexibility index (Phi) is 5.01. The first-order valence-electron chi connectivity index (χ1n) is 9.18. The Morgan fingerprint density at radius 2 is 2.00 bits per heavy atom. The zero-order valence-corrected chi connectivity index (χ0v) is 16.5. The minimum absolute atomic E-state index is 0.0661. The SMILES string of the molecule is CCOC(=O)[C@@H]1C[C@H](c2ccc(OC)cc2)N2C(=C1C#N)Sc1ccccc12. The smallest absolute Gasteiger partial charge is 0.314 e. The van der Waals surface area contributed by atoms with Crippen LogP contribution in [0.2, 0.25) is 0 Å². The lowest BCUT2D eigenvalue weighted by atomic mass is 9.85. The maximum Gasteiger partial charge on any atom is 0.314 e. The first kappa shape index (κ1) is 18.5. The van der Waals surface area contributed by atoms with Crippen molar-refractivity contribution in [3.05, 3.63) is 64.7 Å². The number of esters is 1. The number of carbonyl (C=O) groups excluding carboxylic acids is 1. The fraction of sp³-hybridized carbons (Fsp3) is 0.273. The molecule has 0 bridgehead atoms. The second-order valence-corrected chi connectivity index (χ2v) is 7.63. The first-order valence-corrected chi connectivity index (χ1v) is 10.0. The van der Waals surface area contributed by atoms with Gasteiger partial charge in [-0.2, -0.15) is 5.26 Å². The first-order chi connectivity index (χ1) is 13.7. The molecule has 4 rings (SSSR count). The molecule has 2 heterocycles. The van der Waals surface area contributed by atoms with Crippen molar-refractivity contribution in [2.24, 2.45) is 5.92 Å². The summed E-state index contributed by atoms with van der Waals surface area (Å²) in [6.07, 6.45) is 0.493. The highest BCUT2D eigenvalue weighted by Crippen LogP contribution is 2.56. The number of nitrogens with zero attached hydrogens (tertiary/aromatic N) is 2. The third kappa shape index (κ3) is 3.02. The lowest BCUT2D eigenvalue weighted by Gasteiger charge is -2.38. The Morgan fingerprint density at radius 3 is 2.68 bits per heavy atom. The summed E-state index contributed by atoms with van der Waals surface area (Å²) in [5.41, 5.74) is 2.63. The number of benzene rings is 2. The fourth-order valence-corrected chi connectivity index (χ4v) is 5.04. The zero-order chi connectivity index (χ0) is 19.7. The van der Waals surface area contributed by atoms with E-state index in [0.717, 1.165) is 26.9 Å². The summed E-state index contributed by atoms with van der Waals surface area (Å²) >= 11 is 1.55. The van der Waals surface area contributed by atoms with Gasteiger partial charge in [0.1, 0.15) is 5.75 Å². The van der Waals surface area contributed by atoms with Gasteiger partial charge in [0.15, 0.2) is 0 Å². The molecule has 2 atom stereocenters. The largest absolute Gasteiger partial charge is 0.497 e. The summed E-state index contributed by atoms with van der Waals surface area (Å²) in [4.78, 5) is 15.9. The van der Waals surface area contributed by atoms with E-state index < -0.39 is 5.92 Å². The molecule has 2 aliphatic heterocycles. The van der Waals surface area contributed by atoms with Crippen molar-refractivity contribution in [1.82, 2.24) is 0 Å². The predicted octanol–water partition coefficient (Wildman–Crippen LogP) is 4.67. The molecule has 2 aromatic carbocycles. The molecule has 6 heteroatoms. The third-order valence-electron chi connectivity index (χ3n) is 5.09. The number of hydrogen-bond acceptors (Lipinski definition) is 6. The van der Waals surface area contributed by atoms with Crippen LogP contribution in [0.1, 0.15) is 24.9 Å². The van der Waals surface area contributed by atoms with Crippen LogP contribution in [-0.2, 0) is 9.53 Å². The number of thioether (sulfide) groups is 1. The standard InChI is InChI=1S/C22H20N2O3S/c1-3-27-22(25)16-12-19(14-8-10-15(26-2)11-9-14)24-18-6-4-5-7-20(18)28-21(24)17(16)13-23/h4-11,16,19H,3,12H2,1-2H3/t16-,19-/m1/s1. The van der Waals surface area contributed by atoms with Crippen LogP contribution in [0.5, 0.6) is 5.75 Å².